The molecule has 0 spiro atoms. The van der Waals surface area contributed by atoms with Crippen LogP contribution >= 0.6 is 0 Å². The molecule has 0 unspecified atom stereocenters. The summed E-state index contributed by atoms with van der Waals surface area (Å²) in [5.41, 5.74) is 0. The van der Waals surface area contributed by atoms with Crippen molar-refractivity contribution in [3.05, 3.63) is 12.3 Å². The highest BCUT2D eigenvalue weighted by molar-refractivity contribution is 4.81. The van der Waals surface area contributed by atoms with E-state index in [1.165, 1.54) is 19.3 Å². The Kier molecular flexibility index (Phi) is 10.6. The van der Waals surface area contributed by atoms with Crippen molar-refractivity contribution < 1.29 is 9.47 Å². The first kappa shape index (κ1) is 15.5. The van der Waals surface area contributed by atoms with Gasteiger partial charge in [0.2, 0.25) is 0 Å². The maximum atomic E-state index is 5.46. The number of likely N-dealkylation sites (N-methyl/N-ethyl adjacent to an activating group) is 1. The molecule has 0 saturated carbocycles. The maximum Gasteiger partial charge on any atom is 0.114 e. The third-order valence-corrected chi connectivity index (χ3v) is 2.25. The van der Waals surface area contributed by atoms with Crippen LogP contribution < -0.4 is 0 Å². The van der Waals surface area contributed by atoms with E-state index in [9.17, 15) is 0 Å². The third kappa shape index (κ3) is 11.5. The Balaban J connectivity index is 3.18. The second kappa shape index (κ2) is 11.0. The van der Waals surface area contributed by atoms with Gasteiger partial charge in [-0.1, -0.05) is 32.8 Å². The van der Waals surface area contributed by atoms with Gasteiger partial charge in [0.05, 0.1) is 13.2 Å². The largest absolute Gasteiger partial charge is 0.496 e. The Morgan fingerprint density at radius 3 is 2.50 bits per heavy atom. The quantitative estimate of drug-likeness (QED) is 0.401. The standard InChI is InChI=1S/C13H27NO2/c1-5-6-7-8-10-16-13(2)12-15-11-9-14(3)4/h2,5-12H2,1,3-4H3. The molecular weight excluding hydrogens is 202 g/mol. The van der Waals surface area contributed by atoms with Gasteiger partial charge in [-0.3, -0.25) is 0 Å². The lowest BCUT2D eigenvalue weighted by Gasteiger charge is -2.12. The lowest BCUT2D eigenvalue weighted by Crippen LogP contribution is -2.18. The average Bonchev–Trinajstić information content (AvgIpc) is 2.24. The summed E-state index contributed by atoms with van der Waals surface area (Å²) < 4.78 is 10.9. The second-order valence-corrected chi connectivity index (χ2v) is 4.30. The van der Waals surface area contributed by atoms with Crippen LogP contribution in [0.15, 0.2) is 12.3 Å². The fraction of sp³-hybridized carbons (Fsp3) is 0.846. The van der Waals surface area contributed by atoms with E-state index in [0.717, 1.165) is 31.9 Å². The molecule has 3 heteroatoms. The van der Waals surface area contributed by atoms with Crippen LogP contribution in [0, 0.1) is 0 Å². The van der Waals surface area contributed by atoms with Crippen LogP contribution in [0.3, 0.4) is 0 Å². The summed E-state index contributed by atoms with van der Waals surface area (Å²) in [5.74, 6) is 0.746. The van der Waals surface area contributed by atoms with Crippen molar-refractivity contribution in [1.29, 1.82) is 0 Å². The molecule has 0 radical (unpaired) electrons. The lowest BCUT2D eigenvalue weighted by molar-refractivity contribution is 0.0880. The SMILES string of the molecule is C=C(COCCN(C)C)OCCCCCC. The molecule has 0 aromatic heterocycles. The van der Waals surface area contributed by atoms with Gasteiger partial charge in [-0.25, -0.2) is 0 Å². The normalized spacial score (nSPS) is 10.8. The van der Waals surface area contributed by atoms with Crippen molar-refractivity contribution in [2.45, 2.75) is 32.6 Å². The van der Waals surface area contributed by atoms with Gasteiger partial charge in [-0.15, -0.1) is 0 Å². The minimum absolute atomic E-state index is 0.515. The van der Waals surface area contributed by atoms with Gasteiger partial charge < -0.3 is 14.4 Å². The van der Waals surface area contributed by atoms with Crippen LogP contribution in [-0.4, -0.2) is 45.4 Å². The number of hydrogen-bond donors (Lipinski definition) is 0. The molecule has 0 heterocycles. The number of nitrogens with zero attached hydrogens (tertiary/aromatic N) is 1. The van der Waals surface area contributed by atoms with E-state index in [0.29, 0.717) is 6.61 Å². The number of ether oxygens (including phenoxy) is 2. The Morgan fingerprint density at radius 1 is 1.12 bits per heavy atom. The summed E-state index contributed by atoms with van der Waals surface area (Å²) in [6.45, 7) is 8.99. The van der Waals surface area contributed by atoms with E-state index in [2.05, 4.69) is 18.4 Å². The number of rotatable bonds is 11. The summed E-state index contributed by atoms with van der Waals surface area (Å²) >= 11 is 0. The topological polar surface area (TPSA) is 21.7 Å². The first-order valence-electron chi connectivity index (χ1n) is 6.20. The van der Waals surface area contributed by atoms with Crippen LogP contribution in [0.1, 0.15) is 32.6 Å². The lowest BCUT2D eigenvalue weighted by atomic mass is 10.2. The zero-order chi connectivity index (χ0) is 12.2. The van der Waals surface area contributed by atoms with Gasteiger partial charge in [-0.05, 0) is 20.5 Å². The van der Waals surface area contributed by atoms with Crippen molar-refractivity contribution in [1.82, 2.24) is 4.90 Å². The highest BCUT2D eigenvalue weighted by Gasteiger charge is 1.96. The van der Waals surface area contributed by atoms with Gasteiger partial charge in [0.15, 0.2) is 0 Å². The number of unbranched alkanes of at least 4 members (excludes halogenated alkanes) is 3. The predicted molar refractivity (Wildman–Crippen MR) is 68.6 cm³/mol. The predicted octanol–water partition coefficient (Wildman–Crippen LogP) is 2.68. The van der Waals surface area contributed by atoms with Crippen molar-refractivity contribution in [2.24, 2.45) is 0 Å². The van der Waals surface area contributed by atoms with E-state index in [4.69, 9.17) is 9.47 Å². The summed E-state index contributed by atoms with van der Waals surface area (Å²) in [6, 6.07) is 0. The monoisotopic (exact) mass is 229 g/mol. The summed E-state index contributed by atoms with van der Waals surface area (Å²) in [4.78, 5) is 2.09. The van der Waals surface area contributed by atoms with Crippen molar-refractivity contribution in [3.8, 4) is 0 Å². The average molecular weight is 229 g/mol. The molecule has 3 nitrogen and oxygen atoms in total. The Labute approximate surface area is 100 Å². The van der Waals surface area contributed by atoms with Crippen LogP contribution in [-0.2, 0) is 9.47 Å². The molecule has 0 aliphatic carbocycles. The van der Waals surface area contributed by atoms with E-state index in [1.807, 2.05) is 14.1 Å². The molecule has 0 rings (SSSR count). The zero-order valence-electron chi connectivity index (χ0n) is 11.1. The second-order valence-electron chi connectivity index (χ2n) is 4.30. The molecule has 0 aromatic carbocycles. The van der Waals surface area contributed by atoms with Crippen LogP contribution in [0.4, 0.5) is 0 Å². The molecule has 0 N–H and O–H groups in total. The van der Waals surface area contributed by atoms with Gasteiger partial charge >= 0.3 is 0 Å². The van der Waals surface area contributed by atoms with Crippen molar-refractivity contribution >= 4 is 0 Å². The van der Waals surface area contributed by atoms with Gasteiger partial charge in [-0.2, -0.15) is 0 Å². The smallest absolute Gasteiger partial charge is 0.114 e. The molecule has 96 valence electrons. The van der Waals surface area contributed by atoms with Crippen LogP contribution in [0.25, 0.3) is 0 Å². The Hall–Kier alpha value is -0.540. The molecule has 16 heavy (non-hydrogen) atoms. The minimum Gasteiger partial charge on any atom is -0.496 e. The first-order valence-corrected chi connectivity index (χ1v) is 6.20. The minimum atomic E-state index is 0.515. The van der Waals surface area contributed by atoms with Crippen molar-refractivity contribution in [2.75, 3.05) is 40.5 Å². The number of hydrogen-bond acceptors (Lipinski definition) is 3. The zero-order valence-corrected chi connectivity index (χ0v) is 11.1. The fourth-order valence-corrected chi connectivity index (χ4v) is 1.22. The van der Waals surface area contributed by atoms with Crippen LogP contribution in [0.2, 0.25) is 0 Å². The molecule has 0 amide bonds. The van der Waals surface area contributed by atoms with Gasteiger partial charge in [0.1, 0.15) is 12.4 Å². The molecule has 0 aromatic rings. The molecule has 0 saturated heterocycles. The van der Waals surface area contributed by atoms with Crippen LogP contribution in [0.5, 0.6) is 0 Å². The summed E-state index contributed by atoms with van der Waals surface area (Å²) in [6.07, 6.45) is 4.90. The first-order chi connectivity index (χ1) is 7.66. The maximum absolute atomic E-state index is 5.46. The fourth-order valence-electron chi connectivity index (χ4n) is 1.22. The molecule has 0 bridgehead atoms. The van der Waals surface area contributed by atoms with E-state index in [1.54, 1.807) is 0 Å². The van der Waals surface area contributed by atoms with Crippen molar-refractivity contribution in [3.63, 3.8) is 0 Å². The third-order valence-electron chi connectivity index (χ3n) is 2.25. The van der Waals surface area contributed by atoms with E-state index < -0.39 is 0 Å². The molecule has 0 aliphatic rings. The van der Waals surface area contributed by atoms with Gasteiger partial charge in [0, 0.05) is 6.54 Å². The molecule has 0 fully saturated rings. The molecule has 0 atom stereocenters. The van der Waals surface area contributed by atoms with E-state index >= 15 is 0 Å². The summed E-state index contributed by atoms with van der Waals surface area (Å²) in [5, 5.41) is 0. The van der Waals surface area contributed by atoms with E-state index in [-0.39, 0.29) is 0 Å². The highest BCUT2D eigenvalue weighted by atomic mass is 16.5. The molecule has 0 aliphatic heterocycles. The highest BCUT2D eigenvalue weighted by Crippen LogP contribution is 2.02. The summed E-state index contributed by atoms with van der Waals surface area (Å²) in [7, 11) is 4.06. The molecular formula is C13H27NO2. The van der Waals surface area contributed by atoms with Gasteiger partial charge in [0.25, 0.3) is 0 Å². The Bertz CT molecular complexity index is 169. The Morgan fingerprint density at radius 2 is 1.88 bits per heavy atom.